The average Bonchev–Trinajstić information content (AvgIpc) is 2.52. The van der Waals surface area contributed by atoms with E-state index >= 15 is 0 Å². The molecular formula is C11H14O3. The van der Waals surface area contributed by atoms with Crippen LogP contribution >= 0.6 is 0 Å². The molecule has 0 atom stereocenters. The number of furan rings is 1. The normalized spacial score (nSPS) is 9.64. The maximum absolute atomic E-state index is 11.2. The molecule has 0 aromatic carbocycles. The highest BCUT2D eigenvalue weighted by Crippen LogP contribution is 2.12. The van der Waals surface area contributed by atoms with E-state index in [1.807, 2.05) is 19.9 Å². The third-order valence-electron chi connectivity index (χ3n) is 1.53. The van der Waals surface area contributed by atoms with Gasteiger partial charge < -0.3 is 9.15 Å². The molecule has 0 N–H and O–H groups in total. The van der Waals surface area contributed by atoms with E-state index in [0.717, 1.165) is 5.57 Å². The number of allylic oxidation sites excluding steroid dienone is 1. The van der Waals surface area contributed by atoms with Gasteiger partial charge in [0.15, 0.2) is 0 Å². The fraction of sp³-hybridized carbons (Fsp3) is 0.364. The van der Waals surface area contributed by atoms with Gasteiger partial charge in [0.2, 0.25) is 5.76 Å². The van der Waals surface area contributed by atoms with Crippen molar-refractivity contribution in [2.45, 2.75) is 20.8 Å². The fourth-order valence-electron chi connectivity index (χ4n) is 1.03. The molecule has 0 bridgehead atoms. The summed E-state index contributed by atoms with van der Waals surface area (Å²) in [4.78, 5) is 11.2. The van der Waals surface area contributed by atoms with Gasteiger partial charge in [-0.25, -0.2) is 4.79 Å². The molecule has 1 rings (SSSR count). The highest BCUT2D eigenvalue weighted by molar-refractivity contribution is 5.86. The van der Waals surface area contributed by atoms with E-state index in [4.69, 9.17) is 9.15 Å². The van der Waals surface area contributed by atoms with Crippen LogP contribution in [0.2, 0.25) is 0 Å². The van der Waals surface area contributed by atoms with E-state index in [9.17, 15) is 4.79 Å². The van der Waals surface area contributed by atoms with E-state index in [1.165, 1.54) is 0 Å². The summed E-state index contributed by atoms with van der Waals surface area (Å²) in [7, 11) is 0. The maximum atomic E-state index is 11.2. The van der Waals surface area contributed by atoms with Gasteiger partial charge in [0.05, 0.1) is 6.61 Å². The van der Waals surface area contributed by atoms with Gasteiger partial charge in [0, 0.05) is 0 Å². The predicted molar refractivity (Wildman–Crippen MR) is 54.0 cm³/mol. The van der Waals surface area contributed by atoms with Crippen LogP contribution in [0, 0.1) is 0 Å². The van der Waals surface area contributed by atoms with Crippen molar-refractivity contribution < 1.29 is 13.9 Å². The highest BCUT2D eigenvalue weighted by atomic mass is 16.5. The summed E-state index contributed by atoms with van der Waals surface area (Å²) < 4.78 is 10.1. The molecule has 0 aliphatic heterocycles. The van der Waals surface area contributed by atoms with Crippen molar-refractivity contribution in [1.29, 1.82) is 0 Å². The molecule has 0 unspecified atom stereocenters. The smallest absolute Gasteiger partial charge is 0.374 e. The van der Waals surface area contributed by atoms with Gasteiger partial charge >= 0.3 is 5.97 Å². The summed E-state index contributed by atoms with van der Waals surface area (Å²) in [6.07, 6.45) is 1.86. The zero-order chi connectivity index (χ0) is 10.6. The topological polar surface area (TPSA) is 39.4 Å². The Morgan fingerprint density at radius 1 is 1.50 bits per heavy atom. The van der Waals surface area contributed by atoms with Crippen LogP contribution in [0.3, 0.4) is 0 Å². The standard InChI is InChI=1S/C11H14O3/c1-4-13-11(12)10-6-5-9(14-10)7-8(2)3/h5-7H,4H2,1-3H3. The van der Waals surface area contributed by atoms with Gasteiger partial charge in [-0.2, -0.15) is 0 Å². The Labute approximate surface area is 83.4 Å². The average molecular weight is 194 g/mol. The number of esters is 1. The number of rotatable bonds is 3. The zero-order valence-electron chi connectivity index (χ0n) is 8.66. The van der Waals surface area contributed by atoms with Crippen molar-refractivity contribution in [2.75, 3.05) is 6.61 Å². The molecule has 76 valence electrons. The van der Waals surface area contributed by atoms with Gasteiger partial charge in [-0.3, -0.25) is 0 Å². The van der Waals surface area contributed by atoms with Crippen molar-refractivity contribution in [3.63, 3.8) is 0 Å². The van der Waals surface area contributed by atoms with E-state index in [0.29, 0.717) is 12.4 Å². The van der Waals surface area contributed by atoms with Gasteiger partial charge in [0.25, 0.3) is 0 Å². The first-order chi connectivity index (χ1) is 6.63. The number of hydrogen-bond acceptors (Lipinski definition) is 3. The van der Waals surface area contributed by atoms with Gasteiger partial charge in [-0.15, -0.1) is 0 Å². The second-order valence-electron chi connectivity index (χ2n) is 3.14. The van der Waals surface area contributed by atoms with Crippen molar-refractivity contribution >= 4 is 12.0 Å². The Kier molecular flexibility index (Phi) is 3.51. The summed E-state index contributed by atoms with van der Waals surface area (Å²) in [6.45, 7) is 6.05. The Morgan fingerprint density at radius 2 is 2.21 bits per heavy atom. The van der Waals surface area contributed by atoms with Crippen molar-refractivity contribution in [2.24, 2.45) is 0 Å². The molecule has 0 aliphatic rings. The van der Waals surface area contributed by atoms with Gasteiger partial charge in [-0.05, 0) is 39.0 Å². The number of ether oxygens (including phenoxy) is 1. The number of carbonyl (C=O) groups is 1. The summed E-state index contributed by atoms with van der Waals surface area (Å²) in [5.41, 5.74) is 1.12. The Hall–Kier alpha value is -1.51. The minimum atomic E-state index is -0.416. The monoisotopic (exact) mass is 194 g/mol. The number of hydrogen-bond donors (Lipinski definition) is 0. The fourth-order valence-corrected chi connectivity index (χ4v) is 1.03. The lowest BCUT2D eigenvalue weighted by Crippen LogP contribution is -2.02. The highest BCUT2D eigenvalue weighted by Gasteiger charge is 2.10. The third kappa shape index (κ3) is 2.76. The molecule has 0 amide bonds. The first kappa shape index (κ1) is 10.6. The molecule has 14 heavy (non-hydrogen) atoms. The molecular weight excluding hydrogens is 180 g/mol. The second-order valence-corrected chi connectivity index (χ2v) is 3.14. The molecule has 3 heteroatoms. The van der Waals surface area contributed by atoms with E-state index < -0.39 is 5.97 Å². The Balaban J connectivity index is 2.78. The van der Waals surface area contributed by atoms with Crippen LogP contribution in [0.15, 0.2) is 22.1 Å². The molecule has 0 saturated heterocycles. The minimum Gasteiger partial charge on any atom is -0.460 e. The quantitative estimate of drug-likeness (QED) is 0.694. The summed E-state index contributed by atoms with van der Waals surface area (Å²) in [5, 5.41) is 0. The molecule has 0 spiro atoms. The van der Waals surface area contributed by atoms with Crippen LogP contribution in [0.25, 0.3) is 6.08 Å². The maximum Gasteiger partial charge on any atom is 0.374 e. The number of carbonyl (C=O) groups excluding carboxylic acids is 1. The lowest BCUT2D eigenvalue weighted by Gasteiger charge is -1.96. The summed E-state index contributed by atoms with van der Waals surface area (Å²) >= 11 is 0. The zero-order valence-corrected chi connectivity index (χ0v) is 8.66. The molecule has 0 radical (unpaired) electrons. The van der Waals surface area contributed by atoms with Crippen molar-refractivity contribution in [3.8, 4) is 0 Å². The molecule has 1 aromatic rings. The lowest BCUT2D eigenvalue weighted by atomic mass is 10.3. The molecule has 0 aliphatic carbocycles. The third-order valence-corrected chi connectivity index (χ3v) is 1.53. The minimum absolute atomic E-state index is 0.249. The van der Waals surface area contributed by atoms with Crippen molar-refractivity contribution in [1.82, 2.24) is 0 Å². The molecule has 1 aromatic heterocycles. The SMILES string of the molecule is CCOC(=O)c1ccc(C=C(C)C)o1. The van der Waals surface area contributed by atoms with E-state index in [1.54, 1.807) is 19.1 Å². The van der Waals surface area contributed by atoms with E-state index in [-0.39, 0.29) is 5.76 Å². The van der Waals surface area contributed by atoms with Crippen LogP contribution in [0.1, 0.15) is 37.1 Å². The second kappa shape index (κ2) is 4.65. The van der Waals surface area contributed by atoms with Crippen LogP contribution in [0.4, 0.5) is 0 Å². The van der Waals surface area contributed by atoms with Crippen LogP contribution in [-0.2, 0) is 4.74 Å². The van der Waals surface area contributed by atoms with Gasteiger partial charge in [0.1, 0.15) is 5.76 Å². The Morgan fingerprint density at radius 3 is 2.79 bits per heavy atom. The van der Waals surface area contributed by atoms with E-state index in [2.05, 4.69) is 0 Å². The summed E-state index contributed by atoms with van der Waals surface area (Å²) in [6, 6.07) is 3.37. The molecule has 3 nitrogen and oxygen atoms in total. The Bertz CT molecular complexity index is 343. The predicted octanol–water partition coefficient (Wildman–Crippen LogP) is 2.88. The lowest BCUT2D eigenvalue weighted by molar-refractivity contribution is 0.0489. The molecule has 1 heterocycles. The largest absolute Gasteiger partial charge is 0.460 e. The van der Waals surface area contributed by atoms with Crippen LogP contribution in [-0.4, -0.2) is 12.6 Å². The molecule has 0 fully saturated rings. The molecule has 0 saturated carbocycles. The van der Waals surface area contributed by atoms with Gasteiger partial charge in [-0.1, -0.05) is 5.57 Å². The van der Waals surface area contributed by atoms with Crippen molar-refractivity contribution in [3.05, 3.63) is 29.2 Å². The summed E-state index contributed by atoms with van der Waals surface area (Å²) in [5.74, 6) is 0.508. The first-order valence-corrected chi connectivity index (χ1v) is 4.55. The van der Waals surface area contributed by atoms with Crippen LogP contribution < -0.4 is 0 Å². The van der Waals surface area contributed by atoms with Crippen LogP contribution in [0.5, 0.6) is 0 Å². The first-order valence-electron chi connectivity index (χ1n) is 4.55.